The van der Waals surface area contributed by atoms with Gasteiger partial charge in [-0.05, 0) is 45.3 Å². The van der Waals surface area contributed by atoms with Crippen LogP contribution in [0.4, 0.5) is 11.9 Å². The Morgan fingerprint density at radius 3 is 2.55 bits per heavy atom. The number of rotatable bonds is 6. The van der Waals surface area contributed by atoms with Crippen LogP contribution >= 0.6 is 0 Å². The van der Waals surface area contributed by atoms with Crippen LogP contribution in [0.25, 0.3) is 0 Å². The van der Waals surface area contributed by atoms with Crippen molar-refractivity contribution in [1.82, 2.24) is 19.9 Å². The molecule has 1 aliphatic rings. The van der Waals surface area contributed by atoms with E-state index in [0.29, 0.717) is 17.9 Å². The molecule has 1 aliphatic heterocycles. The number of ether oxygens (including phenoxy) is 1. The van der Waals surface area contributed by atoms with Crippen LogP contribution in [0.1, 0.15) is 19.3 Å². The van der Waals surface area contributed by atoms with E-state index in [1.807, 2.05) is 0 Å². The molecular formula is C13H24N6O. The Morgan fingerprint density at radius 1 is 1.20 bits per heavy atom. The molecule has 0 unspecified atom stereocenters. The minimum absolute atomic E-state index is 0.325. The minimum Gasteiger partial charge on any atom is -0.467 e. The van der Waals surface area contributed by atoms with E-state index >= 15 is 0 Å². The van der Waals surface area contributed by atoms with E-state index in [-0.39, 0.29) is 0 Å². The molecule has 0 bridgehead atoms. The van der Waals surface area contributed by atoms with Crippen LogP contribution in [0.3, 0.4) is 0 Å². The molecule has 112 valence electrons. The van der Waals surface area contributed by atoms with E-state index in [1.54, 1.807) is 14.2 Å². The topological polar surface area (TPSA) is 75.2 Å². The first kappa shape index (κ1) is 14.8. The van der Waals surface area contributed by atoms with Crippen LogP contribution in [-0.4, -0.2) is 60.7 Å². The Morgan fingerprint density at radius 2 is 1.90 bits per heavy atom. The third kappa shape index (κ3) is 4.19. The zero-order valence-electron chi connectivity index (χ0n) is 12.5. The van der Waals surface area contributed by atoms with Crippen molar-refractivity contribution in [3.8, 4) is 6.01 Å². The number of hydrogen-bond donors (Lipinski definition) is 2. The van der Waals surface area contributed by atoms with Gasteiger partial charge in [0.2, 0.25) is 11.9 Å². The summed E-state index contributed by atoms with van der Waals surface area (Å²) in [6, 6.07) is 0.325. The highest BCUT2D eigenvalue weighted by atomic mass is 16.5. The second-order valence-electron chi connectivity index (χ2n) is 5.18. The second-order valence-corrected chi connectivity index (χ2v) is 5.18. The van der Waals surface area contributed by atoms with Crippen LogP contribution < -0.4 is 15.4 Å². The second kappa shape index (κ2) is 7.23. The highest BCUT2D eigenvalue weighted by Gasteiger charge is 2.16. The highest BCUT2D eigenvalue weighted by molar-refractivity contribution is 5.35. The van der Waals surface area contributed by atoms with Crippen LogP contribution in [0.5, 0.6) is 6.01 Å². The van der Waals surface area contributed by atoms with Gasteiger partial charge in [0.15, 0.2) is 0 Å². The summed E-state index contributed by atoms with van der Waals surface area (Å²) in [6.07, 6.45) is 3.71. The molecule has 0 amide bonds. The number of nitrogens with one attached hydrogen (secondary N) is 2. The van der Waals surface area contributed by atoms with E-state index in [2.05, 4.69) is 37.5 Å². The molecule has 7 nitrogen and oxygen atoms in total. The Bertz CT molecular complexity index is 397. The molecule has 0 radical (unpaired) electrons. The molecule has 0 spiro atoms. The lowest BCUT2D eigenvalue weighted by Crippen LogP contribution is -2.30. The molecule has 2 rings (SSSR count). The standard InChI is InChI=1S/C13H24N6O/c1-14-11-16-12(18-13(17-11)20-3)15-7-4-10-5-8-19(2)9-6-10/h10H,4-9H2,1-3H3,(H2,14,15,16,17,18). The smallest absolute Gasteiger partial charge is 0.322 e. The lowest BCUT2D eigenvalue weighted by Gasteiger charge is -2.28. The molecule has 0 aliphatic carbocycles. The van der Waals surface area contributed by atoms with Gasteiger partial charge in [0.1, 0.15) is 0 Å². The largest absolute Gasteiger partial charge is 0.467 e. The number of likely N-dealkylation sites (tertiary alicyclic amines) is 1. The van der Waals surface area contributed by atoms with Crippen molar-refractivity contribution in [3.63, 3.8) is 0 Å². The molecule has 1 aromatic rings. The van der Waals surface area contributed by atoms with Gasteiger partial charge in [0.25, 0.3) is 0 Å². The van der Waals surface area contributed by atoms with Crippen molar-refractivity contribution in [2.75, 3.05) is 51.5 Å². The number of piperidine rings is 1. The van der Waals surface area contributed by atoms with Gasteiger partial charge in [-0.2, -0.15) is 15.0 Å². The quantitative estimate of drug-likeness (QED) is 0.807. The molecular weight excluding hydrogens is 256 g/mol. The Hall–Kier alpha value is -1.63. The molecule has 1 aromatic heterocycles. The molecule has 0 aromatic carbocycles. The fourth-order valence-electron chi connectivity index (χ4n) is 2.38. The van der Waals surface area contributed by atoms with Crippen molar-refractivity contribution in [1.29, 1.82) is 0 Å². The van der Waals surface area contributed by atoms with Gasteiger partial charge < -0.3 is 20.3 Å². The van der Waals surface area contributed by atoms with Crippen molar-refractivity contribution in [3.05, 3.63) is 0 Å². The van der Waals surface area contributed by atoms with Crippen LogP contribution in [-0.2, 0) is 0 Å². The Kier molecular flexibility index (Phi) is 5.34. The van der Waals surface area contributed by atoms with Gasteiger partial charge in [-0.1, -0.05) is 0 Å². The third-order valence-corrected chi connectivity index (χ3v) is 3.69. The van der Waals surface area contributed by atoms with E-state index in [0.717, 1.165) is 18.9 Å². The predicted octanol–water partition coefficient (Wildman–Crippen LogP) is 1.07. The average molecular weight is 280 g/mol. The van der Waals surface area contributed by atoms with Gasteiger partial charge in [-0.3, -0.25) is 0 Å². The van der Waals surface area contributed by atoms with Crippen molar-refractivity contribution >= 4 is 11.9 Å². The van der Waals surface area contributed by atoms with Crippen LogP contribution in [0.2, 0.25) is 0 Å². The number of aromatic nitrogens is 3. The van der Waals surface area contributed by atoms with E-state index in [1.165, 1.54) is 25.9 Å². The molecule has 1 fully saturated rings. The molecule has 0 saturated carbocycles. The van der Waals surface area contributed by atoms with Gasteiger partial charge >= 0.3 is 6.01 Å². The monoisotopic (exact) mass is 280 g/mol. The maximum Gasteiger partial charge on any atom is 0.322 e. The van der Waals surface area contributed by atoms with Crippen molar-refractivity contribution < 1.29 is 4.74 Å². The fraction of sp³-hybridized carbons (Fsp3) is 0.769. The molecule has 1 saturated heterocycles. The van der Waals surface area contributed by atoms with Crippen LogP contribution in [0.15, 0.2) is 0 Å². The van der Waals surface area contributed by atoms with Gasteiger partial charge in [-0.15, -0.1) is 0 Å². The van der Waals surface area contributed by atoms with Crippen LogP contribution in [0, 0.1) is 5.92 Å². The van der Waals surface area contributed by atoms with Gasteiger partial charge in [0.05, 0.1) is 7.11 Å². The highest BCUT2D eigenvalue weighted by Crippen LogP contribution is 2.19. The van der Waals surface area contributed by atoms with Crippen molar-refractivity contribution in [2.24, 2.45) is 5.92 Å². The summed E-state index contributed by atoms with van der Waals surface area (Å²) in [7, 11) is 5.51. The SMILES string of the molecule is CNc1nc(NCCC2CCN(C)CC2)nc(OC)n1. The zero-order chi connectivity index (χ0) is 14.4. The summed E-state index contributed by atoms with van der Waals surface area (Å²) < 4.78 is 5.06. The molecule has 7 heteroatoms. The normalized spacial score (nSPS) is 16.9. The first-order chi connectivity index (χ1) is 9.71. The zero-order valence-corrected chi connectivity index (χ0v) is 12.5. The fourth-order valence-corrected chi connectivity index (χ4v) is 2.38. The summed E-state index contributed by atoms with van der Waals surface area (Å²) >= 11 is 0. The Balaban J connectivity index is 1.81. The Labute approximate surface area is 120 Å². The number of hydrogen-bond acceptors (Lipinski definition) is 7. The van der Waals surface area contributed by atoms with Crippen molar-refractivity contribution in [2.45, 2.75) is 19.3 Å². The summed E-state index contributed by atoms with van der Waals surface area (Å²) in [6.45, 7) is 3.28. The molecule has 2 heterocycles. The lowest BCUT2D eigenvalue weighted by atomic mass is 9.94. The summed E-state index contributed by atoms with van der Waals surface area (Å²) in [5.41, 5.74) is 0. The first-order valence-electron chi connectivity index (χ1n) is 7.11. The predicted molar refractivity (Wildman–Crippen MR) is 79.3 cm³/mol. The average Bonchev–Trinajstić information content (AvgIpc) is 2.49. The molecule has 20 heavy (non-hydrogen) atoms. The first-order valence-corrected chi connectivity index (χ1v) is 7.11. The molecule has 0 atom stereocenters. The molecule has 2 N–H and O–H groups in total. The number of anilines is 2. The summed E-state index contributed by atoms with van der Waals surface area (Å²) in [4.78, 5) is 14.9. The maximum atomic E-state index is 5.06. The minimum atomic E-state index is 0.325. The maximum absolute atomic E-state index is 5.06. The van der Waals surface area contributed by atoms with Gasteiger partial charge in [-0.25, -0.2) is 0 Å². The van der Waals surface area contributed by atoms with E-state index in [9.17, 15) is 0 Å². The summed E-state index contributed by atoms with van der Waals surface area (Å²) in [5, 5.41) is 6.16. The lowest BCUT2D eigenvalue weighted by molar-refractivity contribution is 0.215. The third-order valence-electron chi connectivity index (χ3n) is 3.69. The van der Waals surface area contributed by atoms with E-state index < -0.39 is 0 Å². The van der Waals surface area contributed by atoms with Gasteiger partial charge in [0, 0.05) is 13.6 Å². The van der Waals surface area contributed by atoms with E-state index in [4.69, 9.17) is 4.74 Å². The number of nitrogens with zero attached hydrogens (tertiary/aromatic N) is 4. The summed E-state index contributed by atoms with van der Waals surface area (Å²) in [5.74, 6) is 1.87. The number of methoxy groups -OCH3 is 1.